The molecule has 0 saturated carbocycles. The topological polar surface area (TPSA) is 214 Å². The van der Waals surface area contributed by atoms with Gasteiger partial charge in [-0.3, -0.25) is 24.5 Å². The number of nitrogens with zero attached hydrogens (tertiary/aromatic N) is 1. The summed E-state index contributed by atoms with van der Waals surface area (Å²) in [6.07, 6.45) is 2.65. The number of hydrogen-bond acceptors (Lipinski definition) is 11. The van der Waals surface area contributed by atoms with Gasteiger partial charge in [0.25, 0.3) is 5.69 Å². The van der Waals surface area contributed by atoms with Gasteiger partial charge in [0, 0.05) is 46.7 Å². The molecule has 344 valence electrons. The summed E-state index contributed by atoms with van der Waals surface area (Å²) in [5, 5.41) is 28.9. The molecule has 16 heteroatoms. The summed E-state index contributed by atoms with van der Waals surface area (Å²) in [6.45, 7) is 1.44. The number of ketones is 1. The lowest BCUT2D eigenvalue weighted by Crippen LogP contribution is -2.22. The van der Waals surface area contributed by atoms with Crippen molar-refractivity contribution >= 4 is 70.6 Å². The van der Waals surface area contributed by atoms with E-state index < -0.39 is 40.9 Å². The van der Waals surface area contributed by atoms with Gasteiger partial charge in [-0.25, -0.2) is 14.4 Å². The van der Waals surface area contributed by atoms with Crippen LogP contribution in [0.5, 0.6) is 11.5 Å². The number of non-ortho nitro benzene ring substituents is 1. The van der Waals surface area contributed by atoms with E-state index in [2.05, 4.69) is 0 Å². The molecule has 0 amide bonds. The molecule has 0 aromatic heterocycles. The Hall–Kier alpha value is -7.94. The molecule has 6 aromatic rings. The Morgan fingerprint density at radius 2 is 1.31 bits per heavy atom. The number of esters is 3. The summed E-state index contributed by atoms with van der Waals surface area (Å²) in [5.41, 5.74) is 4.21. The molecular formula is C51H43Cl2NO13. The summed E-state index contributed by atoms with van der Waals surface area (Å²) >= 11 is 11.6. The quantitative estimate of drug-likeness (QED) is 0.0166. The van der Waals surface area contributed by atoms with Crippen LogP contribution in [0.2, 0.25) is 10.0 Å². The Balaban J connectivity index is 0.000000231. The maximum absolute atomic E-state index is 12.6. The minimum Gasteiger partial charge on any atom is -0.481 e. The van der Waals surface area contributed by atoms with Crippen LogP contribution in [-0.2, 0) is 30.3 Å². The summed E-state index contributed by atoms with van der Waals surface area (Å²) in [6, 6.07) is 42.6. The van der Waals surface area contributed by atoms with Crippen LogP contribution in [-0.4, -0.2) is 56.9 Å². The van der Waals surface area contributed by atoms with Crippen LogP contribution in [0.25, 0.3) is 17.2 Å². The van der Waals surface area contributed by atoms with E-state index in [1.807, 2.05) is 42.5 Å². The number of aliphatic carboxylic acids is 2. The Kier molecular flexibility index (Phi) is 20.6. The number of benzene rings is 6. The number of carboxylic acid groups (broad SMARTS) is 2. The molecule has 1 atom stereocenters. The number of nitro groups is 1. The largest absolute Gasteiger partial charge is 0.481 e. The summed E-state index contributed by atoms with van der Waals surface area (Å²) in [7, 11) is 0. The Morgan fingerprint density at radius 1 is 0.701 bits per heavy atom. The highest BCUT2D eigenvalue weighted by Gasteiger charge is 2.16. The predicted octanol–water partition coefficient (Wildman–Crippen LogP) is 11.2. The van der Waals surface area contributed by atoms with Crippen molar-refractivity contribution in [3.05, 3.63) is 200 Å². The van der Waals surface area contributed by atoms with E-state index in [9.17, 15) is 38.9 Å². The Labute approximate surface area is 395 Å². The number of rotatable bonds is 17. The second-order valence-corrected chi connectivity index (χ2v) is 15.0. The van der Waals surface area contributed by atoms with Crippen molar-refractivity contribution in [2.75, 3.05) is 0 Å². The minimum absolute atomic E-state index is 0.0177. The predicted molar refractivity (Wildman–Crippen MR) is 251 cm³/mol. The average molecular weight is 949 g/mol. The van der Waals surface area contributed by atoms with E-state index in [4.69, 9.17) is 47.6 Å². The van der Waals surface area contributed by atoms with Crippen molar-refractivity contribution in [2.24, 2.45) is 0 Å². The van der Waals surface area contributed by atoms with Crippen molar-refractivity contribution in [1.82, 2.24) is 0 Å². The van der Waals surface area contributed by atoms with Gasteiger partial charge in [0.2, 0.25) is 0 Å². The molecule has 6 aromatic carbocycles. The highest BCUT2D eigenvalue weighted by molar-refractivity contribution is 6.32. The van der Waals surface area contributed by atoms with E-state index in [0.717, 1.165) is 22.8 Å². The van der Waals surface area contributed by atoms with Gasteiger partial charge in [-0.1, -0.05) is 102 Å². The zero-order valence-corrected chi connectivity index (χ0v) is 37.3. The van der Waals surface area contributed by atoms with Crippen molar-refractivity contribution in [3.8, 4) is 22.6 Å². The highest BCUT2D eigenvalue weighted by Crippen LogP contribution is 2.26. The molecule has 6 rings (SSSR count). The van der Waals surface area contributed by atoms with Crippen LogP contribution in [0.1, 0.15) is 64.4 Å². The zero-order valence-electron chi connectivity index (χ0n) is 35.8. The second-order valence-electron chi connectivity index (χ2n) is 14.1. The number of Topliss-reactive ketones (excluding diaryl/α,β-unsaturated/α-hetero) is 1. The number of ether oxygens (including phenoxy) is 3. The van der Waals surface area contributed by atoms with Crippen LogP contribution in [0.15, 0.2) is 158 Å². The number of carboxylic acids is 2. The van der Waals surface area contributed by atoms with Gasteiger partial charge in [0.1, 0.15) is 11.5 Å². The molecule has 2 N–H and O–H groups in total. The van der Waals surface area contributed by atoms with Crippen LogP contribution in [0, 0.1) is 10.1 Å². The van der Waals surface area contributed by atoms with E-state index in [1.165, 1.54) is 25.1 Å². The first-order valence-corrected chi connectivity index (χ1v) is 21.1. The molecule has 0 aliphatic rings. The van der Waals surface area contributed by atoms with Gasteiger partial charge in [-0.2, -0.15) is 0 Å². The SMILES string of the molecule is CC(Oc1ccc(OC(=O)c2ccccc2-c2ccccc2)cc1)C(=O)O.O=C(C=Cc1ccccc1Cl)OC(=O)CCCc1ccc([N+](=O)[O-])cc1.O=C(O)CCC(=O)c1ccc(Cl)cc1. The zero-order chi connectivity index (χ0) is 48.7. The lowest BCUT2D eigenvalue weighted by atomic mass is 10.00. The minimum atomic E-state index is -1.05. The molecule has 0 fully saturated rings. The number of halogens is 2. The molecule has 1 unspecified atom stereocenters. The third-order valence-electron chi connectivity index (χ3n) is 9.17. The first-order valence-electron chi connectivity index (χ1n) is 20.4. The molecule has 0 heterocycles. The number of carbonyl (C=O) groups is 6. The number of carbonyl (C=O) groups excluding carboxylic acids is 4. The van der Waals surface area contributed by atoms with Crippen LogP contribution in [0.4, 0.5) is 5.69 Å². The maximum atomic E-state index is 12.6. The first-order chi connectivity index (χ1) is 32.1. The normalized spacial score (nSPS) is 10.8. The van der Waals surface area contributed by atoms with Crippen LogP contribution in [0.3, 0.4) is 0 Å². The molecule has 0 bridgehead atoms. The van der Waals surface area contributed by atoms with Crippen molar-refractivity contribution in [2.45, 2.75) is 45.1 Å². The monoisotopic (exact) mass is 947 g/mol. The van der Waals surface area contributed by atoms with Gasteiger partial charge < -0.3 is 24.4 Å². The fourth-order valence-corrected chi connectivity index (χ4v) is 6.05. The van der Waals surface area contributed by atoms with Crippen LogP contribution >= 0.6 is 23.2 Å². The fraction of sp³-hybridized carbons (Fsp3) is 0.137. The molecule has 0 radical (unpaired) electrons. The standard InChI is InChI=1S/C22H18O5.C19H16ClNO5.C10H9ClO3/c1-15(21(23)24)26-17-11-13-18(14-12-17)27-22(25)20-10-6-5-9-19(20)16-7-3-2-4-8-16;20-17-6-2-1-5-15(17)10-13-19(23)26-18(22)7-3-4-14-8-11-16(12-9-14)21(24)25;11-8-3-1-7(2-4-8)9(12)5-6-10(13)14/h2-15H,1H3,(H,23,24);1-2,5-6,8-13H,3-4,7H2;1-4H,5-6H2,(H,13,14). The average Bonchev–Trinajstić information content (AvgIpc) is 3.32. The van der Waals surface area contributed by atoms with Crippen molar-refractivity contribution < 1.29 is 58.1 Å². The van der Waals surface area contributed by atoms with Gasteiger partial charge in [-0.05, 0) is 109 Å². The van der Waals surface area contributed by atoms with Gasteiger partial charge >= 0.3 is 29.8 Å². The smallest absolute Gasteiger partial charge is 0.344 e. The molecule has 0 saturated heterocycles. The number of nitro benzene ring substituents is 1. The van der Waals surface area contributed by atoms with Gasteiger partial charge in [0.15, 0.2) is 11.9 Å². The Morgan fingerprint density at radius 3 is 1.94 bits per heavy atom. The maximum Gasteiger partial charge on any atom is 0.344 e. The van der Waals surface area contributed by atoms with Crippen molar-refractivity contribution in [3.63, 3.8) is 0 Å². The lowest BCUT2D eigenvalue weighted by molar-refractivity contribution is -0.384. The third kappa shape index (κ3) is 18.2. The molecular weight excluding hydrogens is 905 g/mol. The number of hydrogen-bond donors (Lipinski definition) is 2. The summed E-state index contributed by atoms with van der Waals surface area (Å²) < 4.78 is 15.4. The number of aryl methyl sites for hydroxylation is 1. The lowest BCUT2D eigenvalue weighted by Gasteiger charge is -2.12. The van der Waals surface area contributed by atoms with Crippen molar-refractivity contribution in [1.29, 1.82) is 0 Å². The van der Waals surface area contributed by atoms with Gasteiger partial charge in [0.05, 0.1) is 16.9 Å². The molecule has 14 nitrogen and oxygen atoms in total. The summed E-state index contributed by atoms with van der Waals surface area (Å²) in [5.74, 6) is -3.32. The molecule has 0 aliphatic heterocycles. The van der Waals surface area contributed by atoms with Gasteiger partial charge in [-0.15, -0.1) is 0 Å². The Bertz CT molecular complexity index is 2670. The highest BCUT2D eigenvalue weighted by atomic mass is 35.5. The third-order valence-corrected chi connectivity index (χ3v) is 9.77. The molecule has 67 heavy (non-hydrogen) atoms. The van der Waals surface area contributed by atoms with E-state index in [1.54, 1.807) is 97.1 Å². The molecule has 0 aliphatic carbocycles. The second kappa shape index (κ2) is 26.8. The van der Waals surface area contributed by atoms with E-state index in [-0.39, 0.29) is 30.7 Å². The first kappa shape index (κ1) is 51.7. The fourth-order valence-electron chi connectivity index (χ4n) is 5.72. The summed E-state index contributed by atoms with van der Waals surface area (Å²) in [4.78, 5) is 78.4. The van der Waals surface area contributed by atoms with E-state index >= 15 is 0 Å². The van der Waals surface area contributed by atoms with Crippen LogP contribution < -0.4 is 9.47 Å². The molecule has 0 spiro atoms. The van der Waals surface area contributed by atoms with E-state index in [0.29, 0.717) is 51.1 Å².